The summed E-state index contributed by atoms with van der Waals surface area (Å²) in [4.78, 5) is 11.8. The zero-order valence-electron chi connectivity index (χ0n) is 16.4. The number of anilines is 1. The minimum absolute atomic E-state index is 0.0174. The van der Waals surface area contributed by atoms with Gasteiger partial charge in [-0.15, -0.1) is 0 Å². The molecule has 0 spiro atoms. The third kappa shape index (κ3) is 10.4. The summed E-state index contributed by atoms with van der Waals surface area (Å²) in [6.07, 6.45) is 7.26. The van der Waals surface area contributed by atoms with Gasteiger partial charge in [0.25, 0.3) is 5.91 Å². The molecule has 146 valence electrons. The second-order valence-electron chi connectivity index (χ2n) is 5.69. The minimum atomic E-state index is -0.0174. The zero-order valence-corrected chi connectivity index (χ0v) is 16.4. The van der Waals surface area contributed by atoms with Gasteiger partial charge in [0.05, 0.1) is 5.82 Å². The van der Waals surface area contributed by atoms with Crippen LogP contribution in [0.4, 0.5) is 5.69 Å². The average molecular weight is 363 g/mol. The molecule has 1 aromatic rings. The SMILES string of the molecule is C/C=C\C=C(/N)NC.CCCNC(=O)c1ccc(NCCCO)cc1C. The van der Waals surface area contributed by atoms with E-state index >= 15 is 0 Å². The highest BCUT2D eigenvalue weighted by molar-refractivity contribution is 5.96. The van der Waals surface area contributed by atoms with E-state index in [0.717, 1.165) is 36.2 Å². The van der Waals surface area contributed by atoms with Crippen molar-refractivity contribution in [2.45, 2.75) is 33.6 Å². The van der Waals surface area contributed by atoms with Crippen LogP contribution in [-0.2, 0) is 0 Å². The van der Waals surface area contributed by atoms with Crippen molar-refractivity contribution in [1.82, 2.24) is 10.6 Å². The molecule has 6 nitrogen and oxygen atoms in total. The van der Waals surface area contributed by atoms with Gasteiger partial charge in [0.2, 0.25) is 0 Å². The van der Waals surface area contributed by atoms with Gasteiger partial charge in [0, 0.05) is 38.0 Å². The van der Waals surface area contributed by atoms with Crippen LogP contribution in [0, 0.1) is 6.92 Å². The van der Waals surface area contributed by atoms with Crippen molar-refractivity contribution < 1.29 is 9.90 Å². The van der Waals surface area contributed by atoms with Crippen molar-refractivity contribution in [2.75, 3.05) is 32.1 Å². The molecule has 0 radical (unpaired) electrons. The van der Waals surface area contributed by atoms with Gasteiger partial charge < -0.3 is 26.8 Å². The van der Waals surface area contributed by atoms with Crippen molar-refractivity contribution >= 4 is 11.6 Å². The number of carbonyl (C=O) groups is 1. The maximum Gasteiger partial charge on any atom is 0.251 e. The number of amides is 1. The second kappa shape index (κ2) is 14.8. The summed E-state index contributed by atoms with van der Waals surface area (Å²) in [5.41, 5.74) is 8.01. The highest BCUT2D eigenvalue weighted by Crippen LogP contribution is 2.15. The fourth-order valence-corrected chi connectivity index (χ4v) is 1.96. The lowest BCUT2D eigenvalue weighted by molar-refractivity contribution is 0.0953. The van der Waals surface area contributed by atoms with E-state index in [0.29, 0.717) is 12.4 Å². The molecule has 6 heteroatoms. The summed E-state index contributed by atoms with van der Waals surface area (Å²) in [7, 11) is 1.79. The molecule has 0 aliphatic rings. The Labute approximate surface area is 157 Å². The Morgan fingerprint density at radius 1 is 1.31 bits per heavy atom. The largest absolute Gasteiger partial charge is 0.396 e. The number of benzene rings is 1. The number of carbonyl (C=O) groups excluding carboxylic acids is 1. The van der Waals surface area contributed by atoms with Crippen LogP contribution in [-0.4, -0.2) is 37.8 Å². The van der Waals surface area contributed by atoms with E-state index in [4.69, 9.17) is 10.8 Å². The van der Waals surface area contributed by atoms with Gasteiger partial charge in [-0.3, -0.25) is 4.79 Å². The van der Waals surface area contributed by atoms with Crippen molar-refractivity contribution in [3.63, 3.8) is 0 Å². The van der Waals surface area contributed by atoms with Crippen LogP contribution in [0.2, 0.25) is 0 Å². The minimum Gasteiger partial charge on any atom is -0.396 e. The van der Waals surface area contributed by atoms with Crippen LogP contribution >= 0.6 is 0 Å². The first kappa shape index (κ1) is 23.5. The Morgan fingerprint density at radius 2 is 2.04 bits per heavy atom. The number of hydrogen-bond acceptors (Lipinski definition) is 5. The quantitative estimate of drug-likeness (QED) is 0.343. The van der Waals surface area contributed by atoms with E-state index < -0.39 is 0 Å². The fraction of sp³-hybridized carbons (Fsp3) is 0.450. The van der Waals surface area contributed by atoms with Crippen LogP contribution in [0.3, 0.4) is 0 Å². The number of hydrogen-bond donors (Lipinski definition) is 5. The van der Waals surface area contributed by atoms with E-state index in [2.05, 4.69) is 16.0 Å². The monoisotopic (exact) mass is 362 g/mol. The maximum absolute atomic E-state index is 11.8. The molecule has 0 saturated carbocycles. The first-order valence-corrected chi connectivity index (χ1v) is 8.99. The summed E-state index contributed by atoms with van der Waals surface area (Å²) < 4.78 is 0. The molecular weight excluding hydrogens is 328 g/mol. The number of aliphatic hydroxyl groups excluding tert-OH is 1. The molecule has 1 aromatic carbocycles. The summed E-state index contributed by atoms with van der Waals surface area (Å²) in [6.45, 7) is 7.52. The van der Waals surface area contributed by atoms with Gasteiger partial charge in [-0.25, -0.2) is 0 Å². The van der Waals surface area contributed by atoms with Crippen LogP contribution in [0.1, 0.15) is 42.6 Å². The van der Waals surface area contributed by atoms with E-state index in [9.17, 15) is 4.79 Å². The lowest BCUT2D eigenvalue weighted by Gasteiger charge is -2.10. The van der Waals surface area contributed by atoms with E-state index in [1.165, 1.54) is 0 Å². The van der Waals surface area contributed by atoms with Crippen molar-refractivity contribution in [2.24, 2.45) is 5.73 Å². The van der Waals surface area contributed by atoms with Crippen LogP contribution < -0.4 is 21.7 Å². The number of nitrogens with two attached hydrogens (primary N) is 1. The van der Waals surface area contributed by atoms with Gasteiger partial charge >= 0.3 is 0 Å². The Bertz CT molecular complexity index is 583. The van der Waals surface area contributed by atoms with E-state index in [1.807, 2.05) is 51.1 Å². The van der Waals surface area contributed by atoms with Gasteiger partial charge in [-0.05, 0) is 56.5 Å². The Kier molecular flexibility index (Phi) is 13.4. The standard InChI is InChI=1S/C14H22N2O2.C6H12N2/c1-3-7-16-14(18)13-6-5-12(10-11(13)2)15-8-4-9-17;1-3-4-5-6(7)8-2/h5-6,10,15,17H,3-4,7-9H2,1-2H3,(H,16,18);3-5,8H,7H2,1-2H3/b;4-3-,6-5+. The number of nitrogens with one attached hydrogen (secondary N) is 3. The Balaban J connectivity index is 0.000000660. The molecule has 0 unspecified atom stereocenters. The number of aryl methyl sites for hydroxylation is 1. The van der Waals surface area contributed by atoms with Crippen molar-refractivity contribution in [1.29, 1.82) is 0 Å². The second-order valence-corrected chi connectivity index (χ2v) is 5.69. The molecule has 0 saturated heterocycles. The molecule has 0 atom stereocenters. The van der Waals surface area contributed by atoms with Crippen molar-refractivity contribution in [3.8, 4) is 0 Å². The molecule has 6 N–H and O–H groups in total. The first-order valence-electron chi connectivity index (χ1n) is 8.99. The molecule has 0 aromatic heterocycles. The summed E-state index contributed by atoms with van der Waals surface area (Å²) in [5.74, 6) is 0.666. The molecule has 1 rings (SSSR count). The number of rotatable bonds is 9. The molecule has 0 aliphatic heterocycles. The summed E-state index contributed by atoms with van der Waals surface area (Å²) in [5, 5.41) is 17.6. The highest BCUT2D eigenvalue weighted by atomic mass is 16.3. The molecule has 0 aliphatic carbocycles. The van der Waals surface area contributed by atoms with Gasteiger partial charge in [-0.2, -0.15) is 0 Å². The highest BCUT2D eigenvalue weighted by Gasteiger charge is 2.08. The predicted molar refractivity (Wildman–Crippen MR) is 110 cm³/mol. The first-order chi connectivity index (χ1) is 12.5. The van der Waals surface area contributed by atoms with Crippen LogP contribution in [0.25, 0.3) is 0 Å². The van der Waals surface area contributed by atoms with Crippen molar-refractivity contribution in [3.05, 3.63) is 53.4 Å². The van der Waals surface area contributed by atoms with Crippen LogP contribution in [0.15, 0.2) is 42.2 Å². The smallest absolute Gasteiger partial charge is 0.251 e. The molecular formula is C20H34N4O2. The third-order valence-corrected chi connectivity index (χ3v) is 3.43. The average Bonchev–Trinajstić information content (AvgIpc) is 2.65. The number of allylic oxidation sites excluding steroid dienone is 3. The predicted octanol–water partition coefficient (Wildman–Crippen LogP) is 2.51. The Hall–Kier alpha value is -2.47. The zero-order chi connectivity index (χ0) is 19.8. The van der Waals surface area contributed by atoms with Gasteiger partial charge in [0.1, 0.15) is 0 Å². The molecule has 26 heavy (non-hydrogen) atoms. The summed E-state index contributed by atoms with van der Waals surface area (Å²) >= 11 is 0. The lowest BCUT2D eigenvalue weighted by atomic mass is 10.1. The lowest BCUT2D eigenvalue weighted by Crippen LogP contribution is -2.24. The summed E-state index contributed by atoms with van der Waals surface area (Å²) in [6, 6.07) is 5.69. The maximum atomic E-state index is 11.8. The third-order valence-electron chi connectivity index (χ3n) is 3.43. The molecule has 0 bridgehead atoms. The normalized spacial score (nSPS) is 10.9. The molecule has 0 heterocycles. The Morgan fingerprint density at radius 3 is 2.58 bits per heavy atom. The fourth-order valence-electron chi connectivity index (χ4n) is 1.96. The van der Waals surface area contributed by atoms with Gasteiger partial charge in [-0.1, -0.05) is 19.1 Å². The van der Waals surface area contributed by atoms with E-state index in [1.54, 1.807) is 13.1 Å². The van der Waals surface area contributed by atoms with E-state index in [-0.39, 0.29) is 12.5 Å². The van der Waals surface area contributed by atoms with Crippen LogP contribution in [0.5, 0.6) is 0 Å². The number of aliphatic hydroxyl groups is 1. The topological polar surface area (TPSA) is 99.4 Å². The molecule has 1 amide bonds. The van der Waals surface area contributed by atoms with Gasteiger partial charge in [0.15, 0.2) is 0 Å². The molecule has 0 fully saturated rings.